The van der Waals surface area contributed by atoms with Crippen LogP contribution in [0.15, 0.2) is 28.7 Å². The summed E-state index contributed by atoms with van der Waals surface area (Å²) in [6, 6.07) is 4.61. The number of rotatable bonds is 4. The Balaban J connectivity index is 1.67. The number of hydrogen-bond acceptors (Lipinski definition) is 6. The molecule has 0 aliphatic carbocycles. The number of alkyl halides is 3. The predicted octanol–water partition coefficient (Wildman–Crippen LogP) is 3.32. The highest BCUT2D eigenvalue weighted by molar-refractivity contribution is 5.88. The van der Waals surface area contributed by atoms with E-state index in [2.05, 4.69) is 25.9 Å². The second-order valence-electron chi connectivity index (χ2n) is 7.38. The largest absolute Gasteiger partial charge is 0.419 e. The van der Waals surface area contributed by atoms with Crippen molar-refractivity contribution in [2.75, 3.05) is 11.9 Å². The zero-order valence-corrected chi connectivity index (χ0v) is 16.5. The lowest BCUT2D eigenvalue weighted by atomic mass is 9.89. The van der Waals surface area contributed by atoms with Gasteiger partial charge in [-0.15, -0.1) is 10.2 Å². The number of carbonyl (C=O) groups excluding carboxylic acids is 1. The molecule has 1 saturated heterocycles. The van der Waals surface area contributed by atoms with Crippen molar-refractivity contribution in [2.24, 2.45) is 7.05 Å². The summed E-state index contributed by atoms with van der Waals surface area (Å²) in [5.74, 6) is 0.553. The lowest BCUT2D eigenvalue weighted by Crippen LogP contribution is -2.32. The summed E-state index contributed by atoms with van der Waals surface area (Å²) in [5, 5.41) is 18.3. The first-order chi connectivity index (χ1) is 14.1. The SMILES string of the molecule is Cc1c(-c2nnc(C3(C)CCNC3=O)o2)c(Nc2ccc(C(F)(F)F)cc2)nn1C. The molecule has 3 aromatic rings. The molecule has 1 aliphatic heterocycles. The van der Waals surface area contributed by atoms with Crippen LogP contribution in [-0.4, -0.2) is 32.4 Å². The monoisotopic (exact) mass is 420 g/mol. The van der Waals surface area contributed by atoms with E-state index in [9.17, 15) is 18.0 Å². The number of aromatic nitrogens is 4. The van der Waals surface area contributed by atoms with Crippen LogP contribution < -0.4 is 10.6 Å². The van der Waals surface area contributed by atoms with Crippen LogP contribution in [0.2, 0.25) is 0 Å². The molecule has 1 aromatic carbocycles. The number of aryl methyl sites for hydroxylation is 1. The number of carbonyl (C=O) groups is 1. The Morgan fingerprint density at radius 1 is 1.23 bits per heavy atom. The van der Waals surface area contributed by atoms with Crippen LogP contribution in [0.1, 0.15) is 30.5 Å². The van der Waals surface area contributed by atoms with E-state index < -0.39 is 17.2 Å². The highest BCUT2D eigenvalue weighted by atomic mass is 19.4. The Hall–Kier alpha value is -3.37. The van der Waals surface area contributed by atoms with Gasteiger partial charge in [0.1, 0.15) is 11.0 Å². The van der Waals surface area contributed by atoms with Crippen molar-refractivity contribution in [2.45, 2.75) is 31.9 Å². The molecule has 1 amide bonds. The van der Waals surface area contributed by atoms with Crippen molar-refractivity contribution >= 4 is 17.4 Å². The molecule has 1 aliphatic rings. The van der Waals surface area contributed by atoms with Gasteiger partial charge in [0.25, 0.3) is 5.89 Å². The minimum absolute atomic E-state index is 0.172. The number of nitrogens with zero attached hydrogens (tertiary/aromatic N) is 4. The average molecular weight is 420 g/mol. The fourth-order valence-electron chi connectivity index (χ4n) is 3.32. The maximum absolute atomic E-state index is 12.8. The first-order valence-electron chi connectivity index (χ1n) is 9.20. The van der Waals surface area contributed by atoms with E-state index in [0.29, 0.717) is 35.7 Å². The highest BCUT2D eigenvalue weighted by Crippen LogP contribution is 2.36. The topological polar surface area (TPSA) is 97.9 Å². The molecule has 11 heteroatoms. The third-order valence-corrected chi connectivity index (χ3v) is 5.33. The smallest absolute Gasteiger partial charge is 0.416 e. The van der Waals surface area contributed by atoms with E-state index >= 15 is 0 Å². The molecule has 0 saturated carbocycles. The minimum Gasteiger partial charge on any atom is -0.419 e. The van der Waals surface area contributed by atoms with Gasteiger partial charge in [-0.25, -0.2) is 0 Å². The van der Waals surface area contributed by atoms with Crippen LogP contribution in [0.4, 0.5) is 24.7 Å². The number of benzene rings is 1. The normalized spacial score (nSPS) is 19.2. The van der Waals surface area contributed by atoms with E-state index in [4.69, 9.17) is 4.42 Å². The zero-order valence-electron chi connectivity index (χ0n) is 16.5. The maximum Gasteiger partial charge on any atom is 0.416 e. The summed E-state index contributed by atoms with van der Waals surface area (Å²) in [5.41, 5.74) is 0.000617. The molecule has 4 rings (SSSR count). The van der Waals surface area contributed by atoms with Gasteiger partial charge in [0.2, 0.25) is 11.8 Å². The maximum atomic E-state index is 12.8. The number of hydrogen-bond donors (Lipinski definition) is 2. The predicted molar refractivity (Wildman–Crippen MR) is 101 cm³/mol. The molecular weight excluding hydrogens is 401 g/mol. The molecule has 158 valence electrons. The third-order valence-electron chi connectivity index (χ3n) is 5.33. The Bertz CT molecular complexity index is 1100. The van der Waals surface area contributed by atoms with Gasteiger partial charge in [0.15, 0.2) is 5.82 Å². The Labute approximate surface area is 169 Å². The van der Waals surface area contributed by atoms with Gasteiger partial charge in [0, 0.05) is 25.0 Å². The van der Waals surface area contributed by atoms with Crippen molar-refractivity contribution in [3.63, 3.8) is 0 Å². The number of anilines is 2. The Kier molecular flexibility index (Phi) is 4.55. The molecule has 30 heavy (non-hydrogen) atoms. The van der Waals surface area contributed by atoms with E-state index in [1.54, 1.807) is 25.6 Å². The molecule has 0 spiro atoms. The molecule has 8 nitrogen and oxygen atoms in total. The van der Waals surface area contributed by atoms with Crippen molar-refractivity contribution < 1.29 is 22.4 Å². The van der Waals surface area contributed by atoms with Crippen LogP contribution in [0, 0.1) is 6.92 Å². The standard InChI is InChI=1S/C19H19F3N6O2/c1-10-13(15-25-26-17(30-15)18(2)8-9-23-16(18)29)14(27-28(10)3)24-12-6-4-11(5-7-12)19(20,21)22/h4-7H,8-9H2,1-3H3,(H,23,29)(H,24,27). The van der Waals surface area contributed by atoms with Crippen molar-refractivity contribution in [1.82, 2.24) is 25.3 Å². The molecule has 3 heterocycles. The molecule has 2 N–H and O–H groups in total. The summed E-state index contributed by atoms with van der Waals surface area (Å²) < 4.78 is 45.8. The van der Waals surface area contributed by atoms with Crippen LogP contribution in [-0.2, 0) is 23.4 Å². The number of amides is 1. The zero-order chi connectivity index (χ0) is 21.7. The van der Waals surface area contributed by atoms with Crippen molar-refractivity contribution in [3.05, 3.63) is 41.4 Å². The Morgan fingerprint density at radius 3 is 2.53 bits per heavy atom. The first kappa shape index (κ1) is 19.9. The third kappa shape index (κ3) is 3.29. The average Bonchev–Trinajstić information content (AvgIpc) is 3.36. The van der Waals surface area contributed by atoms with E-state index in [0.717, 1.165) is 12.1 Å². The Morgan fingerprint density at radius 2 is 1.93 bits per heavy atom. The summed E-state index contributed by atoms with van der Waals surface area (Å²) in [6.07, 6.45) is -3.87. The summed E-state index contributed by atoms with van der Waals surface area (Å²) in [7, 11) is 1.72. The van der Waals surface area contributed by atoms with Gasteiger partial charge < -0.3 is 15.1 Å². The van der Waals surface area contributed by atoms with E-state index in [1.165, 1.54) is 12.1 Å². The molecule has 1 atom stereocenters. The quantitative estimate of drug-likeness (QED) is 0.672. The molecule has 0 bridgehead atoms. The molecule has 1 unspecified atom stereocenters. The second-order valence-corrected chi connectivity index (χ2v) is 7.38. The molecule has 1 fully saturated rings. The van der Waals surface area contributed by atoms with Gasteiger partial charge in [-0.05, 0) is 44.5 Å². The second kappa shape index (κ2) is 6.85. The highest BCUT2D eigenvalue weighted by Gasteiger charge is 2.44. The van der Waals surface area contributed by atoms with Crippen LogP contribution >= 0.6 is 0 Å². The minimum atomic E-state index is -4.41. The van der Waals surface area contributed by atoms with Gasteiger partial charge in [-0.1, -0.05) is 0 Å². The number of nitrogens with one attached hydrogen (secondary N) is 2. The molecule has 2 aromatic heterocycles. The summed E-state index contributed by atoms with van der Waals surface area (Å²) in [4.78, 5) is 12.2. The fraction of sp³-hybridized carbons (Fsp3) is 0.368. The van der Waals surface area contributed by atoms with Crippen LogP contribution in [0.3, 0.4) is 0 Å². The van der Waals surface area contributed by atoms with Crippen LogP contribution in [0.5, 0.6) is 0 Å². The molecule has 0 radical (unpaired) electrons. The first-order valence-corrected chi connectivity index (χ1v) is 9.20. The van der Waals surface area contributed by atoms with Gasteiger partial charge in [-0.2, -0.15) is 18.3 Å². The summed E-state index contributed by atoms with van der Waals surface area (Å²) >= 11 is 0. The van der Waals surface area contributed by atoms with Crippen molar-refractivity contribution in [1.29, 1.82) is 0 Å². The lowest BCUT2D eigenvalue weighted by Gasteiger charge is -2.14. The summed E-state index contributed by atoms with van der Waals surface area (Å²) in [6.45, 7) is 4.07. The fourth-order valence-corrected chi connectivity index (χ4v) is 3.32. The lowest BCUT2D eigenvalue weighted by molar-refractivity contribution is -0.137. The van der Waals surface area contributed by atoms with Crippen molar-refractivity contribution in [3.8, 4) is 11.5 Å². The van der Waals surface area contributed by atoms with Crippen LogP contribution in [0.25, 0.3) is 11.5 Å². The van der Waals surface area contributed by atoms with Gasteiger partial charge in [-0.3, -0.25) is 9.48 Å². The van der Waals surface area contributed by atoms with Gasteiger partial charge in [0.05, 0.1) is 5.56 Å². The van der Waals surface area contributed by atoms with E-state index in [-0.39, 0.29) is 17.7 Å². The number of halogens is 3. The van der Waals surface area contributed by atoms with Gasteiger partial charge >= 0.3 is 6.18 Å². The molecular formula is C19H19F3N6O2. The van der Waals surface area contributed by atoms with E-state index in [1.807, 2.05) is 0 Å².